The van der Waals surface area contributed by atoms with Crippen LogP contribution in [0.2, 0.25) is 0 Å². The first-order valence-electron chi connectivity index (χ1n) is 7.67. The molecule has 2 aliphatic carbocycles. The second kappa shape index (κ2) is 3.58. The minimum atomic E-state index is -2.33. The van der Waals surface area contributed by atoms with Crippen LogP contribution in [0.5, 0.6) is 0 Å². The van der Waals surface area contributed by atoms with Crippen molar-refractivity contribution in [3.63, 3.8) is 0 Å². The number of rotatable bonds is 0. The summed E-state index contributed by atoms with van der Waals surface area (Å²) in [6, 6.07) is 0. The molecule has 4 bridgehead atoms. The fourth-order valence-electron chi connectivity index (χ4n) is 5.56. The Kier molecular flexibility index (Phi) is 2.44. The molecule has 0 amide bonds. The molecule has 7 heteroatoms. The van der Waals surface area contributed by atoms with Crippen LogP contribution in [0.15, 0.2) is 0 Å². The third-order valence-electron chi connectivity index (χ3n) is 7.23. The highest BCUT2D eigenvalue weighted by atomic mass is 16.8. The van der Waals surface area contributed by atoms with Crippen LogP contribution in [0.1, 0.15) is 33.6 Å². The summed E-state index contributed by atoms with van der Waals surface area (Å²) in [5.41, 5.74) is -6.26. The van der Waals surface area contributed by atoms with Crippen molar-refractivity contribution in [3.05, 3.63) is 0 Å². The molecule has 5 rings (SSSR count). The molecule has 5 fully saturated rings. The lowest BCUT2D eigenvalue weighted by Crippen LogP contribution is -2.81. The van der Waals surface area contributed by atoms with E-state index in [0.717, 1.165) is 0 Å². The van der Waals surface area contributed by atoms with E-state index in [0.29, 0.717) is 0 Å². The van der Waals surface area contributed by atoms with Crippen molar-refractivity contribution in [2.24, 2.45) is 16.7 Å². The molecule has 22 heavy (non-hydrogen) atoms. The zero-order valence-electron chi connectivity index (χ0n) is 12.9. The van der Waals surface area contributed by atoms with Gasteiger partial charge in [-0.3, -0.25) is 4.79 Å². The molecule has 124 valence electrons. The van der Waals surface area contributed by atoms with Crippen LogP contribution in [0.3, 0.4) is 0 Å². The maximum Gasteiger partial charge on any atom is 0.309 e. The first-order valence-corrected chi connectivity index (χ1v) is 7.67. The van der Waals surface area contributed by atoms with Crippen molar-refractivity contribution in [1.29, 1.82) is 0 Å². The molecule has 3 aliphatic heterocycles. The van der Waals surface area contributed by atoms with E-state index in [4.69, 9.17) is 9.47 Å². The van der Waals surface area contributed by atoms with Gasteiger partial charge < -0.3 is 29.9 Å². The molecule has 0 radical (unpaired) electrons. The minimum absolute atomic E-state index is 0.0853. The van der Waals surface area contributed by atoms with E-state index in [2.05, 4.69) is 0 Å². The summed E-state index contributed by atoms with van der Waals surface area (Å²) < 4.78 is 10.8. The van der Waals surface area contributed by atoms with Gasteiger partial charge in [0, 0.05) is 11.8 Å². The van der Waals surface area contributed by atoms with E-state index in [1.165, 1.54) is 6.92 Å². The number of hydrogen-bond donors (Lipinski definition) is 4. The van der Waals surface area contributed by atoms with Crippen LogP contribution in [-0.4, -0.2) is 62.2 Å². The first-order chi connectivity index (χ1) is 9.97. The van der Waals surface area contributed by atoms with Crippen molar-refractivity contribution in [2.75, 3.05) is 6.61 Å². The van der Waals surface area contributed by atoms with Crippen LogP contribution >= 0.6 is 0 Å². The van der Waals surface area contributed by atoms with Crippen LogP contribution in [0.25, 0.3) is 0 Å². The molecule has 4 N–H and O–H groups in total. The lowest BCUT2D eigenvalue weighted by atomic mass is 9.44. The number of ether oxygens (including phenoxy) is 2. The Balaban J connectivity index is 2.09. The van der Waals surface area contributed by atoms with Crippen molar-refractivity contribution in [1.82, 2.24) is 0 Å². The number of aliphatic hydroxyl groups excluding tert-OH is 1. The highest BCUT2D eigenvalue weighted by molar-refractivity contribution is 5.93. The predicted octanol–water partition coefficient (Wildman–Crippen LogP) is -1.09. The maximum atomic E-state index is 12.7. The Bertz CT molecular complexity index is 576. The first kappa shape index (κ1) is 15.0. The van der Waals surface area contributed by atoms with E-state index in [1.807, 2.05) is 0 Å². The monoisotopic (exact) mass is 314 g/mol. The van der Waals surface area contributed by atoms with Crippen LogP contribution in [-0.2, 0) is 14.3 Å². The molecule has 0 aromatic rings. The Labute approximate surface area is 127 Å². The van der Waals surface area contributed by atoms with Gasteiger partial charge in [-0.25, -0.2) is 0 Å². The summed E-state index contributed by atoms with van der Waals surface area (Å²) in [6.45, 7) is 4.54. The number of hydrogen-bond acceptors (Lipinski definition) is 7. The Morgan fingerprint density at radius 3 is 2.50 bits per heavy atom. The zero-order chi connectivity index (χ0) is 16.3. The molecular weight excluding hydrogens is 292 g/mol. The van der Waals surface area contributed by atoms with E-state index < -0.39 is 46.0 Å². The van der Waals surface area contributed by atoms with Gasteiger partial charge in [0.1, 0.15) is 11.7 Å². The molecule has 8 atom stereocenters. The van der Waals surface area contributed by atoms with Gasteiger partial charge in [-0.15, -0.1) is 0 Å². The molecule has 0 aromatic heterocycles. The second-order valence-electron chi connectivity index (χ2n) is 7.89. The predicted molar refractivity (Wildman–Crippen MR) is 71.3 cm³/mol. The average molecular weight is 314 g/mol. The number of Topliss-reactive ketones (excluding diaryl/α,β-unsaturated/α-hetero) is 1. The van der Waals surface area contributed by atoms with Gasteiger partial charge in [-0.1, -0.05) is 13.8 Å². The molecule has 5 aliphatic rings. The second-order valence-corrected chi connectivity index (χ2v) is 7.89. The molecular formula is C15H22O7. The van der Waals surface area contributed by atoms with Crippen LogP contribution in [0, 0.1) is 16.7 Å². The van der Waals surface area contributed by atoms with E-state index in [-0.39, 0.29) is 25.4 Å². The molecule has 2 saturated carbocycles. The number of ketones is 1. The minimum Gasteiger partial charge on any atom is -0.387 e. The van der Waals surface area contributed by atoms with Gasteiger partial charge in [-0.05, 0) is 19.3 Å². The zero-order valence-corrected chi connectivity index (χ0v) is 12.9. The lowest BCUT2D eigenvalue weighted by molar-refractivity contribution is -0.456. The largest absolute Gasteiger partial charge is 0.387 e. The van der Waals surface area contributed by atoms with E-state index >= 15 is 0 Å². The van der Waals surface area contributed by atoms with Crippen LogP contribution < -0.4 is 0 Å². The van der Waals surface area contributed by atoms with Gasteiger partial charge in [-0.2, -0.15) is 0 Å². The standard InChI is InChI=1S/C15H22O7/c1-7-4-8(16)14(19)11(2)6-21-15(20)10(17)13(7,14)5-9(22-15)12(11,3)18/h7,9-10,17-20H,4-6H2,1-3H3/t7-,9-,10-,11-,12+,13+,14+,15+/m1/s1. The Morgan fingerprint density at radius 2 is 1.86 bits per heavy atom. The van der Waals surface area contributed by atoms with Crippen LogP contribution in [0.4, 0.5) is 0 Å². The van der Waals surface area contributed by atoms with Gasteiger partial charge in [0.2, 0.25) is 0 Å². The summed E-state index contributed by atoms with van der Waals surface area (Å²) in [5.74, 6) is -3.11. The molecule has 0 aromatic carbocycles. The van der Waals surface area contributed by atoms with E-state index in [1.54, 1.807) is 13.8 Å². The molecule has 0 unspecified atom stereocenters. The van der Waals surface area contributed by atoms with Crippen molar-refractivity contribution >= 4 is 5.78 Å². The van der Waals surface area contributed by atoms with Gasteiger partial charge in [0.25, 0.3) is 0 Å². The fraction of sp³-hybridized carbons (Fsp3) is 0.933. The summed E-state index contributed by atoms with van der Waals surface area (Å²) in [5, 5.41) is 43.9. The molecule has 1 spiro atoms. The molecule has 7 nitrogen and oxygen atoms in total. The summed E-state index contributed by atoms with van der Waals surface area (Å²) in [4.78, 5) is 12.7. The normalized spacial score (nSPS) is 66.5. The summed E-state index contributed by atoms with van der Waals surface area (Å²) in [7, 11) is 0. The third kappa shape index (κ3) is 1.10. The van der Waals surface area contributed by atoms with Crippen molar-refractivity contribution < 1.29 is 34.7 Å². The number of carbonyl (C=O) groups is 1. The smallest absolute Gasteiger partial charge is 0.309 e. The lowest BCUT2D eigenvalue weighted by Gasteiger charge is -2.66. The number of fused-ring (bicyclic) bond motifs is 1. The Morgan fingerprint density at radius 1 is 1.23 bits per heavy atom. The van der Waals surface area contributed by atoms with Crippen molar-refractivity contribution in [3.8, 4) is 0 Å². The van der Waals surface area contributed by atoms with Gasteiger partial charge in [0.15, 0.2) is 5.78 Å². The van der Waals surface area contributed by atoms with Crippen molar-refractivity contribution in [2.45, 2.75) is 63.0 Å². The van der Waals surface area contributed by atoms with Gasteiger partial charge in [0.05, 0.1) is 23.7 Å². The molecule has 3 saturated heterocycles. The van der Waals surface area contributed by atoms with Gasteiger partial charge >= 0.3 is 5.97 Å². The molecule has 3 heterocycles. The average Bonchev–Trinajstić information content (AvgIpc) is 2.58. The maximum absolute atomic E-state index is 12.7. The fourth-order valence-corrected chi connectivity index (χ4v) is 5.56. The Hall–Kier alpha value is -0.570. The van der Waals surface area contributed by atoms with E-state index in [9.17, 15) is 25.2 Å². The highest BCUT2D eigenvalue weighted by Gasteiger charge is 2.86. The quantitative estimate of drug-likeness (QED) is 0.449. The summed E-state index contributed by atoms with van der Waals surface area (Å²) in [6.07, 6.45) is -2.24. The topological polar surface area (TPSA) is 116 Å². The highest BCUT2D eigenvalue weighted by Crippen LogP contribution is 2.72. The summed E-state index contributed by atoms with van der Waals surface area (Å²) >= 11 is 0. The number of aliphatic hydroxyl groups is 4. The third-order valence-corrected chi connectivity index (χ3v) is 7.23. The SMILES string of the molecule is C[C@@H]1CC(=O)[C@@]2(O)[C@@]13C[C@H]1O[C@@](O)(OC[C@]2(C)[C@@]1(C)O)[C@@H]3O. The number of carbonyl (C=O) groups excluding carboxylic acids is 1.